The topological polar surface area (TPSA) is 48.5 Å². The van der Waals surface area contributed by atoms with Gasteiger partial charge in [0.25, 0.3) is 5.91 Å². The number of carbonyl (C=O) groups is 1. The fraction of sp³-hybridized carbons (Fsp3) is 0.308. The molecule has 1 amide bonds. The molecule has 160 valence electrons. The summed E-state index contributed by atoms with van der Waals surface area (Å²) in [6, 6.07) is 22.3. The molecule has 1 aliphatic rings. The number of benzene rings is 2. The molecule has 3 aromatic rings. The summed E-state index contributed by atoms with van der Waals surface area (Å²) in [7, 11) is 2.18. The molecule has 5 nitrogen and oxygen atoms in total. The first kappa shape index (κ1) is 21.2. The van der Waals surface area contributed by atoms with Crippen molar-refractivity contribution in [3.8, 4) is 11.3 Å². The molecule has 0 bridgehead atoms. The van der Waals surface area contributed by atoms with Crippen molar-refractivity contribution in [2.75, 3.05) is 33.2 Å². The van der Waals surface area contributed by atoms with Crippen molar-refractivity contribution < 1.29 is 4.79 Å². The number of rotatable bonds is 6. The second-order valence-corrected chi connectivity index (χ2v) is 8.27. The summed E-state index contributed by atoms with van der Waals surface area (Å²) in [5, 5.41) is 3.03. The highest BCUT2D eigenvalue weighted by Gasteiger charge is 2.14. The van der Waals surface area contributed by atoms with Gasteiger partial charge in [0.15, 0.2) is 0 Å². The molecular weight excluding hydrogens is 384 g/mol. The molecule has 1 aliphatic heterocycles. The molecule has 0 unspecified atom stereocenters. The van der Waals surface area contributed by atoms with Gasteiger partial charge in [-0.3, -0.25) is 14.7 Å². The number of likely N-dealkylation sites (N-methyl/N-ethyl adjacent to an activating group) is 1. The van der Waals surface area contributed by atoms with Crippen LogP contribution in [-0.2, 0) is 13.1 Å². The molecule has 1 saturated heterocycles. The minimum atomic E-state index is -0.0916. The summed E-state index contributed by atoms with van der Waals surface area (Å²) in [4.78, 5) is 22.2. The van der Waals surface area contributed by atoms with Gasteiger partial charge in [0, 0.05) is 44.8 Å². The molecule has 1 fully saturated rings. The largest absolute Gasteiger partial charge is 0.348 e. The minimum absolute atomic E-state index is 0.0916. The van der Waals surface area contributed by atoms with E-state index >= 15 is 0 Å². The highest BCUT2D eigenvalue weighted by molar-refractivity contribution is 5.95. The number of nitrogens with one attached hydrogen (secondary N) is 1. The van der Waals surface area contributed by atoms with Crippen molar-refractivity contribution in [2.24, 2.45) is 0 Å². The summed E-state index contributed by atoms with van der Waals surface area (Å²) in [6.07, 6.45) is 0. The number of aromatic nitrogens is 1. The van der Waals surface area contributed by atoms with Gasteiger partial charge in [-0.25, -0.2) is 0 Å². The van der Waals surface area contributed by atoms with Crippen molar-refractivity contribution in [2.45, 2.75) is 20.0 Å². The number of hydrogen-bond acceptors (Lipinski definition) is 4. The van der Waals surface area contributed by atoms with Crippen LogP contribution in [0.1, 0.15) is 27.2 Å². The Balaban J connectivity index is 1.32. The fourth-order valence-corrected chi connectivity index (χ4v) is 3.87. The van der Waals surface area contributed by atoms with E-state index in [9.17, 15) is 4.79 Å². The Morgan fingerprint density at radius 2 is 1.58 bits per heavy atom. The molecule has 0 saturated carbocycles. The van der Waals surface area contributed by atoms with E-state index in [1.54, 1.807) is 0 Å². The molecule has 5 heteroatoms. The number of nitrogens with zero attached hydrogens (tertiary/aromatic N) is 3. The third-order valence-electron chi connectivity index (χ3n) is 5.88. The Hall–Kier alpha value is -3.02. The van der Waals surface area contributed by atoms with Crippen LogP contribution in [0.3, 0.4) is 0 Å². The normalized spacial score (nSPS) is 15.0. The summed E-state index contributed by atoms with van der Waals surface area (Å²) in [5.41, 5.74) is 5.70. The minimum Gasteiger partial charge on any atom is -0.348 e. The van der Waals surface area contributed by atoms with Gasteiger partial charge in [-0.2, -0.15) is 0 Å². The maximum atomic E-state index is 12.7. The maximum Gasteiger partial charge on any atom is 0.253 e. The molecular formula is C26H30N4O. The molecule has 2 heterocycles. The van der Waals surface area contributed by atoms with E-state index in [4.69, 9.17) is 0 Å². The van der Waals surface area contributed by atoms with E-state index < -0.39 is 0 Å². The summed E-state index contributed by atoms with van der Waals surface area (Å²) in [5.74, 6) is -0.0916. The van der Waals surface area contributed by atoms with E-state index in [1.165, 1.54) is 5.56 Å². The molecule has 1 N–H and O–H groups in total. The van der Waals surface area contributed by atoms with E-state index in [0.29, 0.717) is 12.1 Å². The van der Waals surface area contributed by atoms with E-state index in [2.05, 4.69) is 51.4 Å². The highest BCUT2D eigenvalue weighted by Crippen LogP contribution is 2.18. The number of carbonyl (C=O) groups excluding carboxylic acids is 1. The maximum absolute atomic E-state index is 12.7. The van der Waals surface area contributed by atoms with E-state index in [0.717, 1.165) is 55.2 Å². The number of aryl methyl sites for hydroxylation is 1. The zero-order valence-corrected chi connectivity index (χ0v) is 18.3. The van der Waals surface area contributed by atoms with Gasteiger partial charge in [-0.15, -0.1) is 0 Å². The molecule has 2 aromatic carbocycles. The van der Waals surface area contributed by atoms with Crippen LogP contribution in [0.5, 0.6) is 0 Å². The first-order chi connectivity index (χ1) is 15.1. The monoisotopic (exact) mass is 414 g/mol. The lowest BCUT2D eigenvalue weighted by Crippen LogP contribution is -2.43. The van der Waals surface area contributed by atoms with Crippen LogP contribution in [0.15, 0.2) is 66.7 Å². The molecule has 31 heavy (non-hydrogen) atoms. The van der Waals surface area contributed by atoms with E-state index in [-0.39, 0.29) is 5.91 Å². The molecule has 0 atom stereocenters. The zero-order chi connectivity index (χ0) is 21.6. The highest BCUT2D eigenvalue weighted by atomic mass is 16.1. The van der Waals surface area contributed by atoms with Crippen molar-refractivity contribution in [1.29, 1.82) is 0 Å². The van der Waals surface area contributed by atoms with Crippen LogP contribution in [0.25, 0.3) is 11.3 Å². The number of piperazine rings is 1. The predicted molar refractivity (Wildman–Crippen MR) is 125 cm³/mol. The molecule has 4 rings (SSSR count). The van der Waals surface area contributed by atoms with Crippen LogP contribution in [0.4, 0.5) is 0 Å². The zero-order valence-electron chi connectivity index (χ0n) is 18.3. The van der Waals surface area contributed by atoms with Gasteiger partial charge in [-0.05, 0) is 37.2 Å². The predicted octanol–water partition coefficient (Wildman–Crippen LogP) is 3.73. The second kappa shape index (κ2) is 9.86. The Bertz CT molecular complexity index is 1010. The summed E-state index contributed by atoms with van der Waals surface area (Å²) >= 11 is 0. The average Bonchev–Trinajstić information content (AvgIpc) is 2.80. The molecule has 0 radical (unpaired) electrons. The Morgan fingerprint density at radius 3 is 2.26 bits per heavy atom. The Kier molecular flexibility index (Phi) is 6.75. The van der Waals surface area contributed by atoms with Crippen molar-refractivity contribution in [3.05, 3.63) is 89.1 Å². The Labute approximate surface area is 184 Å². The first-order valence-electron chi connectivity index (χ1n) is 10.9. The summed E-state index contributed by atoms with van der Waals surface area (Å²) in [6.45, 7) is 7.87. The third kappa shape index (κ3) is 5.57. The van der Waals surface area contributed by atoms with Crippen LogP contribution < -0.4 is 5.32 Å². The van der Waals surface area contributed by atoms with E-state index in [1.807, 2.05) is 49.4 Å². The number of amides is 1. The molecule has 1 aromatic heterocycles. The number of pyridine rings is 1. The van der Waals surface area contributed by atoms with Crippen LogP contribution in [0.2, 0.25) is 0 Å². The first-order valence-corrected chi connectivity index (χ1v) is 10.9. The van der Waals surface area contributed by atoms with Gasteiger partial charge in [-0.1, -0.05) is 54.6 Å². The fourth-order valence-electron chi connectivity index (χ4n) is 3.87. The van der Waals surface area contributed by atoms with Gasteiger partial charge < -0.3 is 10.2 Å². The average molecular weight is 415 g/mol. The molecule has 0 spiro atoms. The quantitative estimate of drug-likeness (QED) is 0.668. The lowest BCUT2D eigenvalue weighted by Gasteiger charge is -2.32. The van der Waals surface area contributed by atoms with Gasteiger partial charge in [0.1, 0.15) is 0 Å². The van der Waals surface area contributed by atoms with Gasteiger partial charge in [0.2, 0.25) is 0 Å². The lowest BCUT2D eigenvalue weighted by molar-refractivity contribution is 0.0950. The standard InChI is InChI=1S/C26H30N4O/c1-20-24(12-13-25(28-20)23-6-4-3-5-7-23)26(31)27-18-21-8-10-22(11-9-21)19-30-16-14-29(2)15-17-30/h3-13H,14-19H2,1-2H3,(H,27,31). The Morgan fingerprint density at radius 1 is 0.903 bits per heavy atom. The van der Waals surface area contributed by atoms with Crippen LogP contribution in [0, 0.1) is 6.92 Å². The van der Waals surface area contributed by atoms with Gasteiger partial charge in [0.05, 0.1) is 17.0 Å². The third-order valence-corrected chi connectivity index (χ3v) is 5.88. The smallest absolute Gasteiger partial charge is 0.253 e. The second-order valence-electron chi connectivity index (χ2n) is 8.27. The molecule has 0 aliphatic carbocycles. The summed E-state index contributed by atoms with van der Waals surface area (Å²) < 4.78 is 0. The lowest BCUT2D eigenvalue weighted by atomic mass is 10.1. The van der Waals surface area contributed by atoms with Crippen molar-refractivity contribution in [3.63, 3.8) is 0 Å². The van der Waals surface area contributed by atoms with Gasteiger partial charge >= 0.3 is 0 Å². The van der Waals surface area contributed by atoms with Crippen LogP contribution >= 0.6 is 0 Å². The number of hydrogen-bond donors (Lipinski definition) is 1. The van der Waals surface area contributed by atoms with Crippen molar-refractivity contribution >= 4 is 5.91 Å². The SMILES string of the molecule is Cc1nc(-c2ccccc2)ccc1C(=O)NCc1ccc(CN2CCN(C)CC2)cc1. The van der Waals surface area contributed by atoms with Crippen molar-refractivity contribution in [1.82, 2.24) is 20.1 Å². The van der Waals surface area contributed by atoms with Crippen LogP contribution in [-0.4, -0.2) is 53.9 Å².